The summed E-state index contributed by atoms with van der Waals surface area (Å²) in [5, 5.41) is 0. The minimum absolute atomic E-state index is 0.0672. The van der Waals surface area contributed by atoms with Crippen molar-refractivity contribution in [3.05, 3.63) is 24.3 Å². The Bertz CT molecular complexity index is 426. The van der Waals surface area contributed by atoms with Gasteiger partial charge in [-0.1, -0.05) is 12.1 Å². The molecule has 1 atom stereocenters. The highest BCUT2D eigenvalue weighted by atomic mass is 32.2. The zero-order chi connectivity index (χ0) is 13.1. The second-order valence-corrected chi connectivity index (χ2v) is 6.64. The lowest BCUT2D eigenvalue weighted by Crippen LogP contribution is -2.46. The molecular formula is C15H21NO2S. The summed E-state index contributed by atoms with van der Waals surface area (Å²) >= 11 is 2.03. The third-order valence-electron chi connectivity index (χ3n) is 4.06. The third-order valence-corrected chi connectivity index (χ3v) is 5.05. The van der Waals surface area contributed by atoms with Crippen molar-refractivity contribution in [3.63, 3.8) is 0 Å². The lowest BCUT2D eigenvalue weighted by atomic mass is 9.86. The van der Waals surface area contributed by atoms with Gasteiger partial charge in [-0.3, -0.25) is 0 Å². The fourth-order valence-electron chi connectivity index (χ4n) is 2.94. The largest absolute Gasteiger partial charge is 0.488 e. The second kappa shape index (κ2) is 5.63. The first-order valence-electron chi connectivity index (χ1n) is 7.00. The molecule has 0 amide bonds. The Morgan fingerprint density at radius 1 is 1.26 bits per heavy atom. The van der Waals surface area contributed by atoms with Gasteiger partial charge in [-0.25, -0.2) is 0 Å². The maximum Gasteiger partial charge on any atom is 0.142 e. The molecule has 3 rings (SSSR count). The van der Waals surface area contributed by atoms with E-state index in [1.54, 1.807) is 0 Å². The summed E-state index contributed by atoms with van der Waals surface area (Å²) in [6.45, 7) is 0.808. The van der Waals surface area contributed by atoms with E-state index >= 15 is 0 Å². The molecule has 2 N–H and O–H groups in total. The van der Waals surface area contributed by atoms with Gasteiger partial charge in [0, 0.05) is 12.8 Å². The van der Waals surface area contributed by atoms with E-state index < -0.39 is 0 Å². The van der Waals surface area contributed by atoms with Crippen molar-refractivity contribution in [2.45, 2.75) is 37.4 Å². The van der Waals surface area contributed by atoms with Crippen LogP contribution in [0.1, 0.15) is 25.7 Å². The molecule has 19 heavy (non-hydrogen) atoms. The molecule has 2 saturated heterocycles. The first kappa shape index (κ1) is 13.1. The van der Waals surface area contributed by atoms with Gasteiger partial charge in [-0.2, -0.15) is 11.8 Å². The second-order valence-electron chi connectivity index (χ2n) is 5.41. The Hall–Kier alpha value is -0.870. The predicted molar refractivity (Wildman–Crippen MR) is 79.7 cm³/mol. The van der Waals surface area contributed by atoms with Crippen molar-refractivity contribution in [1.29, 1.82) is 0 Å². The van der Waals surface area contributed by atoms with Crippen molar-refractivity contribution in [2.24, 2.45) is 0 Å². The van der Waals surface area contributed by atoms with Crippen LogP contribution in [-0.4, -0.2) is 29.8 Å². The van der Waals surface area contributed by atoms with Gasteiger partial charge in [0.25, 0.3) is 0 Å². The fraction of sp³-hybridized carbons (Fsp3) is 0.600. The van der Waals surface area contributed by atoms with Crippen molar-refractivity contribution < 1.29 is 9.47 Å². The molecule has 1 aromatic carbocycles. The summed E-state index contributed by atoms with van der Waals surface area (Å²) in [6.07, 6.45) is 4.51. The topological polar surface area (TPSA) is 44.5 Å². The molecule has 1 spiro atoms. The lowest BCUT2D eigenvalue weighted by molar-refractivity contribution is -0.116. The van der Waals surface area contributed by atoms with Gasteiger partial charge in [0.2, 0.25) is 0 Å². The molecule has 0 radical (unpaired) electrons. The Labute approximate surface area is 118 Å². The van der Waals surface area contributed by atoms with Crippen LogP contribution in [0.5, 0.6) is 5.75 Å². The lowest BCUT2D eigenvalue weighted by Gasteiger charge is -2.43. The molecule has 2 heterocycles. The van der Waals surface area contributed by atoms with Crippen molar-refractivity contribution in [2.75, 3.05) is 23.8 Å². The summed E-state index contributed by atoms with van der Waals surface area (Å²) in [5.41, 5.74) is 6.74. The van der Waals surface area contributed by atoms with E-state index in [1.807, 2.05) is 36.0 Å². The SMILES string of the molecule is Nc1ccccc1OC1CCOC2(CCSCC2)C1. The van der Waals surface area contributed by atoms with Crippen LogP contribution >= 0.6 is 11.8 Å². The summed E-state index contributed by atoms with van der Waals surface area (Å²) in [5.74, 6) is 3.23. The average molecular weight is 279 g/mol. The molecule has 2 aliphatic heterocycles. The third kappa shape index (κ3) is 3.00. The van der Waals surface area contributed by atoms with Crippen LogP contribution in [0.25, 0.3) is 0 Å². The molecule has 1 aromatic rings. The monoisotopic (exact) mass is 279 g/mol. The molecule has 104 valence electrons. The summed E-state index contributed by atoms with van der Waals surface area (Å²) in [6, 6.07) is 7.75. The zero-order valence-corrected chi connectivity index (χ0v) is 12.0. The molecule has 0 bridgehead atoms. The highest BCUT2D eigenvalue weighted by Crippen LogP contribution is 2.39. The van der Waals surface area contributed by atoms with Gasteiger partial charge in [0.15, 0.2) is 0 Å². The predicted octanol–water partition coefficient (Wildman–Crippen LogP) is 3.09. The fourth-order valence-corrected chi connectivity index (χ4v) is 4.18. The number of anilines is 1. The highest BCUT2D eigenvalue weighted by Gasteiger charge is 2.39. The summed E-state index contributed by atoms with van der Waals surface area (Å²) in [7, 11) is 0. The van der Waals surface area contributed by atoms with E-state index in [2.05, 4.69) is 0 Å². The van der Waals surface area contributed by atoms with Gasteiger partial charge < -0.3 is 15.2 Å². The number of nitrogen functional groups attached to an aromatic ring is 1. The minimum atomic E-state index is 0.0672. The van der Waals surface area contributed by atoms with Gasteiger partial charge >= 0.3 is 0 Å². The number of para-hydroxylation sites is 2. The number of hydrogen-bond acceptors (Lipinski definition) is 4. The first-order valence-corrected chi connectivity index (χ1v) is 8.16. The van der Waals surface area contributed by atoms with Crippen molar-refractivity contribution in [1.82, 2.24) is 0 Å². The van der Waals surface area contributed by atoms with Crippen LogP contribution in [0.3, 0.4) is 0 Å². The van der Waals surface area contributed by atoms with Crippen LogP contribution in [0, 0.1) is 0 Å². The Kier molecular flexibility index (Phi) is 3.89. The van der Waals surface area contributed by atoms with E-state index in [9.17, 15) is 0 Å². The van der Waals surface area contributed by atoms with E-state index in [4.69, 9.17) is 15.2 Å². The number of hydrogen-bond donors (Lipinski definition) is 1. The zero-order valence-electron chi connectivity index (χ0n) is 11.1. The van der Waals surface area contributed by atoms with Crippen LogP contribution in [-0.2, 0) is 4.74 Å². The van der Waals surface area contributed by atoms with Crippen LogP contribution < -0.4 is 10.5 Å². The molecular weight excluding hydrogens is 258 g/mol. The molecule has 1 unspecified atom stereocenters. The van der Waals surface area contributed by atoms with Crippen LogP contribution in [0.4, 0.5) is 5.69 Å². The van der Waals surface area contributed by atoms with E-state index in [-0.39, 0.29) is 11.7 Å². The van der Waals surface area contributed by atoms with Gasteiger partial charge in [-0.15, -0.1) is 0 Å². The van der Waals surface area contributed by atoms with E-state index in [0.717, 1.165) is 43.7 Å². The normalized spacial score (nSPS) is 26.2. The molecule has 4 heteroatoms. The highest BCUT2D eigenvalue weighted by molar-refractivity contribution is 7.99. The molecule has 3 nitrogen and oxygen atoms in total. The number of rotatable bonds is 2. The average Bonchev–Trinajstić information content (AvgIpc) is 2.42. The summed E-state index contributed by atoms with van der Waals surface area (Å²) < 4.78 is 12.2. The molecule has 2 aliphatic rings. The molecule has 0 aliphatic carbocycles. The Morgan fingerprint density at radius 3 is 2.84 bits per heavy atom. The smallest absolute Gasteiger partial charge is 0.142 e. The quantitative estimate of drug-likeness (QED) is 0.845. The standard InChI is InChI=1S/C15H21NO2S/c16-13-3-1-2-4-14(13)18-12-5-8-17-15(11-12)6-9-19-10-7-15/h1-4,12H,5-11,16H2. The number of ether oxygens (including phenoxy) is 2. The van der Waals surface area contributed by atoms with E-state index in [0.29, 0.717) is 0 Å². The minimum Gasteiger partial charge on any atom is -0.488 e. The van der Waals surface area contributed by atoms with Crippen LogP contribution in [0.2, 0.25) is 0 Å². The number of nitrogens with two attached hydrogens (primary N) is 1. The number of thioether (sulfide) groups is 1. The van der Waals surface area contributed by atoms with E-state index in [1.165, 1.54) is 11.5 Å². The number of benzene rings is 1. The van der Waals surface area contributed by atoms with Gasteiger partial charge in [0.05, 0.1) is 17.9 Å². The maximum absolute atomic E-state index is 6.10. The summed E-state index contributed by atoms with van der Waals surface area (Å²) in [4.78, 5) is 0. The Morgan fingerprint density at radius 2 is 2.05 bits per heavy atom. The molecule has 0 aromatic heterocycles. The Balaban J connectivity index is 1.67. The van der Waals surface area contributed by atoms with Crippen LogP contribution in [0.15, 0.2) is 24.3 Å². The maximum atomic E-state index is 6.10. The van der Waals surface area contributed by atoms with Gasteiger partial charge in [-0.05, 0) is 36.5 Å². The molecule has 2 fully saturated rings. The van der Waals surface area contributed by atoms with Crippen molar-refractivity contribution >= 4 is 17.4 Å². The first-order chi connectivity index (χ1) is 9.27. The molecule has 0 saturated carbocycles. The van der Waals surface area contributed by atoms with Gasteiger partial charge in [0.1, 0.15) is 11.9 Å². The van der Waals surface area contributed by atoms with Crippen molar-refractivity contribution in [3.8, 4) is 5.75 Å².